The topological polar surface area (TPSA) is 103 Å². The highest BCUT2D eigenvalue weighted by molar-refractivity contribution is 6.21. The van der Waals surface area contributed by atoms with Crippen LogP contribution >= 0.6 is 11.6 Å². The van der Waals surface area contributed by atoms with Gasteiger partial charge in [0.05, 0.1) is 18.1 Å². The Balaban J connectivity index is 1.58. The molecule has 10 unspecified atom stereocenters. The second-order valence-corrected chi connectivity index (χ2v) is 11.8. The fraction of sp³-hybridized carbons (Fsp3) is 0.875. The van der Waals surface area contributed by atoms with Crippen molar-refractivity contribution in [3.05, 3.63) is 0 Å². The van der Waals surface area contributed by atoms with Crippen LogP contribution in [-0.2, 0) is 9.59 Å². The van der Waals surface area contributed by atoms with Gasteiger partial charge in [-0.3, -0.25) is 20.2 Å². The molecular formula is C24H37ClFN5O3. The normalized spacial score (nSPS) is 45.3. The summed E-state index contributed by atoms with van der Waals surface area (Å²) in [4.78, 5) is 41.0. The van der Waals surface area contributed by atoms with E-state index < -0.39 is 36.2 Å². The van der Waals surface area contributed by atoms with E-state index in [1.807, 2.05) is 0 Å². The molecule has 1 aliphatic carbocycles. The molecule has 10 atom stereocenters. The minimum Gasteiger partial charge on any atom is -0.353 e. The van der Waals surface area contributed by atoms with Crippen molar-refractivity contribution in [2.24, 2.45) is 23.7 Å². The number of fused-ring (bicyclic) bond motifs is 5. The molecule has 0 aromatic heterocycles. The molecule has 0 aromatic carbocycles. The lowest BCUT2D eigenvalue weighted by atomic mass is 9.72. The summed E-state index contributed by atoms with van der Waals surface area (Å²) in [5, 5.41) is 12.4. The molecule has 5 aliphatic rings. The first-order chi connectivity index (χ1) is 16.3. The Hall–Kier alpha value is -1.45. The maximum atomic E-state index is 15.7. The zero-order valence-electron chi connectivity index (χ0n) is 19.9. The Bertz CT molecular complexity index is 830. The number of rotatable bonds is 1. The van der Waals surface area contributed by atoms with E-state index in [9.17, 15) is 14.4 Å². The summed E-state index contributed by atoms with van der Waals surface area (Å²) in [6.45, 7) is 5.05. The van der Waals surface area contributed by atoms with Crippen molar-refractivity contribution in [3.8, 4) is 0 Å². The molecule has 4 aliphatic heterocycles. The summed E-state index contributed by atoms with van der Waals surface area (Å²) in [7, 11) is 0. The van der Waals surface area contributed by atoms with Crippen LogP contribution < -0.4 is 21.3 Å². The third-order valence-electron chi connectivity index (χ3n) is 8.88. The molecule has 0 radical (unpaired) electrons. The SMILES string of the molecule is CC(C)C1NCCC2CCC(=O)NC3CCCC(Cl)C3C3NC4C(CC3F)C(=O)NC(=O)N4C21. The smallest absolute Gasteiger partial charge is 0.325 e. The van der Waals surface area contributed by atoms with Gasteiger partial charge in [0, 0.05) is 35.8 Å². The minimum absolute atomic E-state index is 0.0101. The van der Waals surface area contributed by atoms with Gasteiger partial charge in [-0.25, -0.2) is 9.18 Å². The van der Waals surface area contributed by atoms with Gasteiger partial charge in [-0.15, -0.1) is 11.6 Å². The van der Waals surface area contributed by atoms with E-state index in [-0.39, 0.29) is 53.6 Å². The minimum atomic E-state index is -1.30. The monoisotopic (exact) mass is 497 g/mol. The second kappa shape index (κ2) is 9.54. The Kier molecular flexibility index (Phi) is 6.81. The van der Waals surface area contributed by atoms with Crippen molar-refractivity contribution in [1.82, 2.24) is 26.2 Å². The van der Waals surface area contributed by atoms with Crippen LogP contribution in [-0.4, -0.2) is 71.2 Å². The summed E-state index contributed by atoms with van der Waals surface area (Å²) in [6.07, 6.45) is 2.40. The van der Waals surface area contributed by atoms with E-state index in [0.717, 1.165) is 32.2 Å². The lowest BCUT2D eigenvalue weighted by molar-refractivity contribution is -0.136. The van der Waals surface area contributed by atoms with Gasteiger partial charge in [0.15, 0.2) is 0 Å². The van der Waals surface area contributed by atoms with Crippen molar-refractivity contribution < 1.29 is 18.8 Å². The number of imide groups is 1. The number of halogens is 2. The Morgan fingerprint density at radius 3 is 2.68 bits per heavy atom. The van der Waals surface area contributed by atoms with E-state index in [4.69, 9.17) is 11.6 Å². The first-order valence-corrected chi connectivity index (χ1v) is 13.4. The Labute approximate surface area is 205 Å². The number of hydrogen-bond acceptors (Lipinski definition) is 5. The molecule has 1 saturated carbocycles. The highest BCUT2D eigenvalue weighted by atomic mass is 35.5. The van der Waals surface area contributed by atoms with Gasteiger partial charge in [0.1, 0.15) is 6.17 Å². The van der Waals surface area contributed by atoms with Crippen molar-refractivity contribution in [2.45, 2.75) is 101 Å². The fourth-order valence-electron chi connectivity index (χ4n) is 7.30. The number of carbonyl (C=O) groups is 3. The predicted octanol–water partition coefficient (Wildman–Crippen LogP) is 1.87. The highest BCUT2D eigenvalue weighted by Gasteiger charge is 2.56. The zero-order chi connectivity index (χ0) is 24.1. The van der Waals surface area contributed by atoms with Crippen LogP contribution in [0, 0.1) is 23.7 Å². The van der Waals surface area contributed by atoms with E-state index in [1.165, 1.54) is 0 Å². The molecule has 34 heavy (non-hydrogen) atoms. The van der Waals surface area contributed by atoms with Crippen LogP contribution in [0.5, 0.6) is 0 Å². The fourth-order valence-corrected chi connectivity index (χ4v) is 7.78. The summed E-state index contributed by atoms with van der Waals surface area (Å²) in [5.41, 5.74) is 0. The van der Waals surface area contributed by atoms with Crippen LogP contribution in [0.25, 0.3) is 0 Å². The van der Waals surface area contributed by atoms with Crippen LogP contribution in [0.4, 0.5) is 9.18 Å². The van der Waals surface area contributed by atoms with Crippen LogP contribution in [0.15, 0.2) is 0 Å². The lowest BCUT2D eigenvalue weighted by Gasteiger charge is -2.56. The maximum absolute atomic E-state index is 15.7. The van der Waals surface area contributed by atoms with Crippen LogP contribution in [0.2, 0.25) is 0 Å². The quantitative estimate of drug-likeness (QED) is 0.414. The van der Waals surface area contributed by atoms with Crippen molar-refractivity contribution in [3.63, 3.8) is 0 Å². The Morgan fingerprint density at radius 1 is 1.12 bits per heavy atom. The summed E-state index contributed by atoms with van der Waals surface area (Å²) in [5.74, 6) is -1.07. The van der Waals surface area contributed by atoms with Gasteiger partial charge < -0.3 is 15.5 Å². The zero-order valence-corrected chi connectivity index (χ0v) is 20.7. The van der Waals surface area contributed by atoms with Gasteiger partial charge in [0.2, 0.25) is 11.8 Å². The number of hydrogen-bond donors (Lipinski definition) is 4. The second-order valence-electron chi connectivity index (χ2n) is 11.2. The summed E-state index contributed by atoms with van der Waals surface area (Å²) in [6, 6.07) is -1.48. The largest absolute Gasteiger partial charge is 0.353 e. The van der Waals surface area contributed by atoms with Crippen molar-refractivity contribution in [1.29, 1.82) is 0 Å². The van der Waals surface area contributed by atoms with Gasteiger partial charge in [-0.1, -0.05) is 13.8 Å². The average molecular weight is 498 g/mol. The van der Waals surface area contributed by atoms with Crippen LogP contribution in [0.3, 0.4) is 0 Å². The number of nitrogens with zero attached hydrogens (tertiary/aromatic N) is 1. The van der Waals surface area contributed by atoms with Crippen molar-refractivity contribution >= 4 is 29.4 Å². The molecular weight excluding hydrogens is 461 g/mol. The molecule has 2 bridgehead atoms. The summed E-state index contributed by atoms with van der Waals surface area (Å²) >= 11 is 6.77. The molecule has 4 heterocycles. The number of piperidine rings is 2. The number of urea groups is 1. The number of nitrogens with one attached hydrogen (secondary N) is 4. The van der Waals surface area contributed by atoms with Gasteiger partial charge in [0.25, 0.3) is 0 Å². The summed E-state index contributed by atoms with van der Waals surface area (Å²) < 4.78 is 15.7. The number of amides is 4. The van der Waals surface area contributed by atoms with Crippen LogP contribution in [0.1, 0.15) is 58.8 Å². The van der Waals surface area contributed by atoms with E-state index >= 15 is 4.39 Å². The van der Waals surface area contributed by atoms with E-state index in [2.05, 4.69) is 35.1 Å². The lowest BCUT2D eigenvalue weighted by Crippen LogP contribution is -2.77. The molecule has 4 amide bonds. The molecule has 8 nitrogen and oxygen atoms in total. The van der Waals surface area contributed by atoms with Gasteiger partial charge >= 0.3 is 6.03 Å². The van der Waals surface area contributed by atoms with E-state index in [1.54, 1.807) is 4.90 Å². The first kappa shape index (κ1) is 24.3. The van der Waals surface area contributed by atoms with E-state index in [0.29, 0.717) is 12.8 Å². The third-order valence-corrected chi connectivity index (χ3v) is 9.39. The standard InChI is InChI=1S/C24H37ClFN5O3/c1-11(2)19-21-12(8-9-27-19)6-7-17(32)28-16-5-3-4-14(25)18(16)20-15(26)10-13-22(29-20)31(21)24(34)30-23(13)33/h11-16,18-22,27,29H,3-10H2,1-2H3,(H,28,32)(H,30,33,34). The number of alkyl halides is 2. The first-order valence-electron chi connectivity index (χ1n) is 13.0. The van der Waals surface area contributed by atoms with Gasteiger partial charge in [-0.05, 0) is 56.9 Å². The Morgan fingerprint density at radius 2 is 1.91 bits per heavy atom. The highest BCUT2D eigenvalue weighted by Crippen LogP contribution is 2.41. The number of carbonyl (C=O) groups excluding carboxylic acids is 3. The third kappa shape index (κ3) is 4.22. The molecule has 0 spiro atoms. The molecule has 4 saturated heterocycles. The molecule has 10 heteroatoms. The predicted molar refractivity (Wildman–Crippen MR) is 126 cm³/mol. The van der Waals surface area contributed by atoms with Gasteiger partial charge in [-0.2, -0.15) is 0 Å². The molecule has 0 aromatic rings. The molecule has 5 rings (SSSR count). The maximum Gasteiger partial charge on any atom is 0.325 e. The average Bonchev–Trinajstić information content (AvgIpc) is 2.78. The van der Waals surface area contributed by atoms with Crippen molar-refractivity contribution in [2.75, 3.05) is 6.54 Å². The molecule has 190 valence electrons. The molecule has 4 N–H and O–H groups in total. The molecule has 5 fully saturated rings.